The molecule has 9 heteroatoms. The van der Waals surface area contributed by atoms with Crippen LogP contribution >= 0.6 is 14.5 Å². The first kappa shape index (κ1) is 51.3. The summed E-state index contributed by atoms with van der Waals surface area (Å²) in [5.41, 5.74) is 2.76. The van der Waals surface area contributed by atoms with Gasteiger partial charge in [-0.2, -0.15) is 0 Å². The number of carbonyl (C=O) groups is 2. The summed E-state index contributed by atoms with van der Waals surface area (Å²) >= 11 is 0. The quantitative estimate of drug-likeness (QED) is 0.105. The van der Waals surface area contributed by atoms with E-state index in [1.165, 1.54) is 91.5 Å². The Morgan fingerprint density at radius 3 is 0.671 bits per heavy atom. The Kier molecular flexibility index (Phi) is 17.1. The molecular formula is C64H56O6P2S. The monoisotopic (exact) mass is 1010 g/mol. The second kappa shape index (κ2) is 24.4. The normalized spacial score (nSPS) is 11.6. The molecule has 0 radical (unpaired) electrons. The van der Waals surface area contributed by atoms with Gasteiger partial charge in [-0.1, -0.05) is 0 Å². The molecule has 10 aromatic rings. The Hall–Kier alpha value is -8.05. The molecule has 0 saturated heterocycles. The van der Waals surface area contributed by atoms with Gasteiger partial charge < -0.3 is 10.2 Å². The number of sulfone groups is 1. The van der Waals surface area contributed by atoms with Crippen LogP contribution in [0.5, 0.6) is 0 Å². The zero-order valence-corrected chi connectivity index (χ0v) is 42.9. The first-order chi connectivity index (χ1) is 35.6. The van der Waals surface area contributed by atoms with Crippen molar-refractivity contribution in [2.24, 2.45) is 0 Å². The number of carboxylic acids is 2. The molecule has 10 aromatic carbocycles. The number of hydrogen-bond acceptors (Lipinski definition) is 4. The first-order valence-electron chi connectivity index (χ1n) is 23.9. The molecule has 10 rings (SSSR count). The fourth-order valence-electron chi connectivity index (χ4n) is 9.44. The molecule has 0 heterocycles. The SMILES string of the molecule is O=C(O)c1ccc(S(=O)(=O)c2ccc(C(=O)O)cc2)cc1.c1ccc(C[PH](c2ccccc2)(c2ccccc2)c2ccccc2)cc1.c1ccc(C[PH](c2ccccc2)(c2ccccc2)c2ccccc2)cc1. The second-order valence-corrected chi connectivity index (χ2v) is 27.2. The number of benzene rings is 10. The number of carboxylic acid groups (broad SMARTS) is 2. The van der Waals surface area contributed by atoms with Gasteiger partial charge >= 0.3 is 324 Å². The predicted octanol–water partition coefficient (Wildman–Crippen LogP) is 11.7. The molecule has 6 nitrogen and oxygen atoms in total. The van der Waals surface area contributed by atoms with E-state index in [0.717, 1.165) is 12.3 Å². The van der Waals surface area contributed by atoms with Crippen LogP contribution in [0.1, 0.15) is 31.8 Å². The third kappa shape index (κ3) is 12.2. The third-order valence-corrected chi connectivity index (χ3v) is 24.6. The number of hydrogen-bond donors (Lipinski definition) is 2. The molecule has 0 aliphatic rings. The van der Waals surface area contributed by atoms with Crippen molar-refractivity contribution < 1.29 is 28.2 Å². The van der Waals surface area contributed by atoms with Crippen LogP contribution in [0.25, 0.3) is 0 Å². The van der Waals surface area contributed by atoms with Crippen molar-refractivity contribution in [3.63, 3.8) is 0 Å². The summed E-state index contributed by atoms with van der Waals surface area (Å²) in [5, 5.41) is 26.3. The Labute approximate surface area is 429 Å². The number of aromatic carboxylic acids is 2. The van der Waals surface area contributed by atoms with Gasteiger partial charge in [0.1, 0.15) is 0 Å². The van der Waals surface area contributed by atoms with Crippen molar-refractivity contribution in [3.8, 4) is 0 Å². The van der Waals surface area contributed by atoms with Gasteiger partial charge in [0.2, 0.25) is 9.84 Å². The molecule has 0 bridgehead atoms. The standard InChI is InChI=1S/2C25H23P.C14H10O6S/c2*1-5-13-22(14-6-1)21-26(23-15-7-2-8-16-23,24-17-9-3-10-18-24)25-19-11-4-12-20-25;15-13(16)9-1-5-11(6-2-9)21(19,20)12-7-3-10(4-8-12)14(17)18/h2*1-20,26H,21H2;1-8H,(H,15,16)(H,17,18). The van der Waals surface area contributed by atoms with Crippen molar-refractivity contribution >= 4 is 68.1 Å². The zero-order chi connectivity index (χ0) is 50.9. The van der Waals surface area contributed by atoms with Crippen LogP contribution in [0.4, 0.5) is 0 Å². The van der Waals surface area contributed by atoms with Gasteiger partial charge in [0.15, 0.2) is 0 Å². The van der Waals surface area contributed by atoms with Crippen molar-refractivity contribution in [1.29, 1.82) is 0 Å². The summed E-state index contributed by atoms with van der Waals surface area (Å²) in [6.45, 7) is 0. The summed E-state index contributed by atoms with van der Waals surface area (Å²) in [5.74, 6) is -2.30. The van der Waals surface area contributed by atoms with Gasteiger partial charge in [-0.05, 0) is 48.5 Å². The summed E-state index contributed by atoms with van der Waals surface area (Å²) in [4.78, 5) is 21.3. The third-order valence-electron chi connectivity index (χ3n) is 13.0. The first-order valence-corrected chi connectivity index (χ1v) is 29.8. The molecule has 0 saturated carbocycles. The summed E-state index contributed by atoms with van der Waals surface area (Å²) in [6.07, 6.45) is 2.12. The Balaban J connectivity index is 0.000000147. The van der Waals surface area contributed by atoms with Crippen LogP contribution < -0.4 is 31.8 Å². The minimum atomic E-state index is -3.81. The van der Waals surface area contributed by atoms with Crippen LogP contribution in [0.2, 0.25) is 0 Å². The molecule has 0 aliphatic heterocycles. The van der Waals surface area contributed by atoms with Crippen molar-refractivity contribution in [2.45, 2.75) is 22.1 Å². The Bertz CT molecular complexity index is 2990. The van der Waals surface area contributed by atoms with E-state index in [1.807, 2.05) is 0 Å². The predicted molar refractivity (Wildman–Crippen MR) is 306 cm³/mol. The van der Waals surface area contributed by atoms with E-state index < -0.39 is 36.3 Å². The van der Waals surface area contributed by atoms with Crippen molar-refractivity contribution in [3.05, 3.63) is 313 Å². The Morgan fingerprint density at radius 1 is 0.288 bits per heavy atom. The van der Waals surface area contributed by atoms with Crippen LogP contribution in [0, 0.1) is 0 Å². The maximum atomic E-state index is 12.3. The van der Waals surface area contributed by atoms with E-state index in [1.54, 1.807) is 0 Å². The van der Waals surface area contributed by atoms with E-state index in [2.05, 4.69) is 243 Å². The van der Waals surface area contributed by atoms with Gasteiger partial charge in [0.25, 0.3) is 0 Å². The molecule has 0 fully saturated rings. The van der Waals surface area contributed by atoms with Gasteiger partial charge in [-0.15, -0.1) is 0 Å². The van der Waals surface area contributed by atoms with E-state index in [9.17, 15) is 18.0 Å². The van der Waals surface area contributed by atoms with Gasteiger partial charge in [-0.25, -0.2) is 18.0 Å². The summed E-state index contributed by atoms with van der Waals surface area (Å²) < 4.78 is 24.6. The van der Waals surface area contributed by atoms with Crippen molar-refractivity contribution in [2.75, 3.05) is 0 Å². The molecule has 0 unspecified atom stereocenters. The molecule has 0 spiro atoms. The zero-order valence-electron chi connectivity index (χ0n) is 40.1. The average molecular weight is 1020 g/mol. The van der Waals surface area contributed by atoms with E-state index in [4.69, 9.17) is 10.2 Å². The van der Waals surface area contributed by atoms with Gasteiger partial charge in [-0.3, -0.25) is 0 Å². The van der Waals surface area contributed by atoms with E-state index in [-0.39, 0.29) is 20.9 Å². The fourth-order valence-corrected chi connectivity index (χ4v) is 20.2. The van der Waals surface area contributed by atoms with Crippen LogP contribution in [0.3, 0.4) is 0 Å². The Morgan fingerprint density at radius 2 is 0.479 bits per heavy atom. The second-order valence-electron chi connectivity index (χ2n) is 17.5. The van der Waals surface area contributed by atoms with Crippen LogP contribution in [-0.2, 0) is 22.2 Å². The molecule has 2 N–H and O–H groups in total. The molecule has 73 heavy (non-hydrogen) atoms. The van der Waals surface area contributed by atoms with Gasteiger partial charge in [0, 0.05) is 0 Å². The fraction of sp³-hybridized carbons (Fsp3) is 0.0312. The molecular weight excluding hydrogens is 959 g/mol. The van der Waals surface area contributed by atoms with E-state index in [0.29, 0.717) is 0 Å². The van der Waals surface area contributed by atoms with Crippen molar-refractivity contribution in [1.82, 2.24) is 0 Å². The molecule has 0 atom stereocenters. The summed E-state index contributed by atoms with van der Waals surface area (Å²) in [6, 6.07) is 97.9. The number of rotatable bonds is 14. The van der Waals surface area contributed by atoms with Crippen LogP contribution in [0.15, 0.2) is 301 Å². The maximum absolute atomic E-state index is 12.3. The molecule has 364 valence electrons. The topological polar surface area (TPSA) is 109 Å². The van der Waals surface area contributed by atoms with E-state index >= 15 is 0 Å². The van der Waals surface area contributed by atoms with Crippen LogP contribution in [-0.4, -0.2) is 30.6 Å². The molecule has 0 aromatic heterocycles. The minimum absolute atomic E-state index is 0.0184. The molecule has 0 aliphatic carbocycles. The summed E-state index contributed by atoms with van der Waals surface area (Å²) in [7, 11) is -8.14. The molecule has 0 amide bonds. The average Bonchev–Trinajstić information content (AvgIpc) is 3.46. The van der Waals surface area contributed by atoms with Gasteiger partial charge in [0.05, 0.1) is 20.9 Å².